The van der Waals surface area contributed by atoms with E-state index in [1.165, 1.54) is 24.3 Å². The highest BCUT2D eigenvalue weighted by atomic mass is 35.5. The number of nitrogens with zero attached hydrogens (tertiary/aromatic N) is 1. The van der Waals surface area contributed by atoms with Gasteiger partial charge in [0.05, 0.1) is 6.42 Å². The average Bonchev–Trinajstić information content (AvgIpc) is 3.11. The molecule has 0 saturated carbocycles. The summed E-state index contributed by atoms with van der Waals surface area (Å²) in [4.78, 5) is 14.6. The van der Waals surface area contributed by atoms with Gasteiger partial charge in [-0.3, -0.25) is 4.79 Å². The largest absolute Gasteiger partial charge is 0.434 e. The Morgan fingerprint density at radius 1 is 1.13 bits per heavy atom. The van der Waals surface area contributed by atoms with Crippen LogP contribution in [0.1, 0.15) is 11.3 Å². The number of nitrogens with two attached hydrogens (primary N) is 2. The number of sulfonamides is 1. The first-order valence-corrected chi connectivity index (χ1v) is 10.9. The van der Waals surface area contributed by atoms with Crippen molar-refractivity contribution in [3.63, 3.8) is 0 Å². The van der Waals surface area contributed by atoms with E-state index in [-0.39, 0.29) is 38.7 Å². The van der Waals surface area contributed by atoms with Gasteiger partial charge in [-0.1, -0.05) is 41.9 Å². The number of primary amides is 1. The lowest BCUT2D eigenvalue weighted by Gasteiger charge is -2.17. The number of halogens is 4. The molecule has 0 fully saturated rings. The standard InChI is InChI=1S/C18H13ClF3N3O3S2/c19-12-4-2-1-3-10(12)15-9(7-14(23)26)5-6-11(16(15)30(24,27)28)17-25-13(8-29-17)18(20,21)22/h1-6,8H,7H2,(H2,23,26)(H2,24,27,28). The Balaban J connectivity index is 2.41. The van der Waals surface area contributed by atoms with Crippen molar-refractivity contribution in [1.29, 1.82) is 0 Å². The molecule has 6 nitrogen and oxygen atoms in total. The summed E-state index contributed by atoms with van der Waals surface area (Å²) < 4.78 is 64.1. The maximum Gasteiger partial charge on any atom is 0.434 e. The van der Waals surface area contributed by atoms with Gasteiger partial charge >= 0.3 is 6.18 Å². The van der Waals surface area contributed by atoms with Crippen LogP contribution in [0.15, 0.2) is 46.7 Å². The van der Waals surface area contributed by atoms with Crippen LogP contribution in [0.4, 0.5) is 13.2 Å². The smallest absolute Gasteiger partial charge is 0.369 e. The highest BCUT2D eigenvalue weighted by Crippen LogP contribution is 2.42. The van der Waals surface area contributed by atoms with Crippen molar-refractivity contribution in [3.8, 4) is 21.7 Å². The minimum atomic E-state index is -4.70. The number of hydrogen-bond donors (Lipinski definition) is 2. The van der Waals surface area contributed by atoms with Crippen molar-refractivity contribution in [1.82, 2.24) is 4.98 Å². The second-order valence-electron chi connectivity index (χ2n) is 6.18. The number of benzene rings is 2. The van der Waals surface area contributed by atoms with Gasteiger partial charge in [-0.15, -0.1) is 11.3 Å². The molecular weight excluding hydrogens is 463 g/mol. The molecule has 2 aromatic carbocycles. The maximum absolute atomic E-state index is 13.0. The van der Waals surface area contributed by atoms with Crippen LogP contribution in [0.3, 0.4) is 0 Å². The summed E-state index contributed by atoms with van der Waals surface area (Å²) in [6.45, 7) is 0. The van der Waals surface area contributed by atoms with Crippen LogP contribution in [0, 0.1) is 0 Å². The molecule has 30 heavy (non-hydrogen) atoms. The van der Waals surface area contributed by atoms with E-state index in [1.54, 1.807) is 12.1 Å². The number of carbonyl (C=O) groups is 1. The zero-order chi connectivity index (χ0) is 22.3. The van der Waals surface area contributed by atoms with E-state index in [0.717, 1.165) is 5.38 Å². The molecule has 0 aliphatic heterocycles. The van der Waals surface area contributed by atoms with Crippen molar-refractivity contribution < 1.29 is 26.4 Å². The lowest BCUT2D eigenvalue weighted by molar-refractivity contribution is -0.140. The normalized spacial score (nSPS) is 12.2. The molecule has 1 aromatic heterocycles. The number of aromatic nitrogens is 1. The van der Waals surface area contributed by atoms with Gasteiger partial charge in [0.2, 0.25) is 15.9 Å². The number of primary sulfonamides is 1. The molecule has 1 heterocycles. The van der Waals surface area contributed by atoms with Crippen molar-refractivity contribution in [2.24, 2.45) is 10.9 Å². The van der Waals surface area contributed by atoms with E-state index in [9.17, 15) is 26.4 Å². The first-order chi connectivity index (χ1) is 13.9. The van der Waals surface area contributed by atoms with E-state index in [1.807, 2.05) is 0 Å². The Morgan fingerprint density at radius 3 is 2.33 bits per heavy atom. The van der Waals surface area contributed by atoms with Crippen LogP contribution in [-0.4, -0.2) is 19.3 Å². The molecule has 0 aliphatic rings. The number of rotatable bonds is 5. The predicted octanol–water partition coefficient (Wildman–Crippen LogP) is 3.82. The van der Waals surface area contributed by atoms with Gasteiger partial charge < -0.3 is 5.73 Å². The molecular formula is C18H13ClF3N3O3S2. The van der Waals surface area contributed by atoms with Crippen molar-refractivity contribution in [2.45, 2.75) is 17.5 Å². The third-order valence-corrected chi connectivity index (χ3v) is 6.26. The maximum atomic E-state index is 13.0. The summed E-state index contributed by atoms with van der Waals surface area (Å²) in [7, 11) is -4.49. The Kier molecular flexibility index (Phi) is 5.92. The van der Waals surface area contributed by atoms with Crippen LogP contribution in [0.2, 0.25) is 5.02 Å². The van der Waals surface area contributed by atoms with Crippen LogP contribution in [0.25, 0.3) is 21.7 Å². The lowest BCUT2D eigenvalue weighted by atomic mass is 9.95. The van der Waals surface area contributed by atoms with Gasteiger partial charge in [0.15, 0.2) is 5.69 Å². The molecule has 158 valence electrons. The number of alkyl halides is 3. The van der Waals surface area contributed by atoms with Crippen LogP contribution in [0.5, 0.6) is 0 Å². The molecule has 0 spiro atoms. The number of thiazole rings is 1. The van der Waals surface area contributed by atoms with Gasteiger partial charge in [-0.2, -0.15) is 13.2 Å². The molecule has 1 amide bonds. The first kappa shape index (κ1) is 22.2. The van der Waals surface area contributed by atoms with Crippen LogP contribution in [-0.2, 0) is 27.4 Å². The van der Waals surface area contributed by atoms with E-state index < -0.39 is 32.7 Å². The molecule has 0 aliphatic carbocycles. The lowest BCUT2D eigenvalue weighted by Crippen LogP contribution is -2.19. The molecule has 12 heteroatoms. The number of hydrogen-bond acceptors (Lipinski definition) is 5. The quantitative estimate of drug-likeness (QED) is 0.583. The zero-order valence-corrected chi connectivity index (χ0v) is 17.3. The molecule has 0 bridgehead atoms. The summed E-state index contributed by atoms with van der Waals surface area (Å²) >= 11 is 6.85. The van der Waals surface area contributed by atoms with E-state index in [2.05, 4.69) is 4.98 Å². The van der Waals surface area contributed by atoms with Gasteiger partial charge in [-0.05, 0) is 11.6 Å². The van der Waals surface area contributed by atoms with E-state index >= 15 is 0 Å². The SMILES string of the molecule is NC(=O)Cc1ccc(-c2nc(C(F)(F)F)cs2)c(S(N)(=O)=O)c1-c1ccccc1Cl. The molecule has 0 radical (unpaired) electrons. The Labute approximate surface area is 178 Å². The molecule has 3 rings (SSSR count). The van der Waals surface area contributed by atoms with Gasteiger partial charge in [0.1, 0.15) is 9.90 Å². The minimum absolute atomic E-state index is 0.0110. The second kappa shape index (κ2) is 7.99. The minimum Gasteiger partial charge on any atom is -0.369 e. The molecule has 0 atom stereocenters. The van der Waals surface area contributed by atoms with Crippen molar-refractivity contribution in [2.75, 3.05) is 0 Å². The van der Waals surface area contributed by atoms with Gasteiger partial charge in [-0.25, -0.2) is 18.5 Å². The molecule has 4 N–H and O–H groups in total. The fourth-order valence-corrected chi connectivity index (χ4v) is 5.06. The third kappa shape index (κ3) is 4.48. The zero-order valence-electron chi connectivity index (χ0n) is 14.9. The second-order valence-corrected chi connectivity index (χ2v) is 8.94. The van der Waals surface area contributed by atoms with Crippen LogP contribution >= 0.6 is 22.9 Å². The van der Waals surface area contributed by atoms with Gasteiger partial charge in [0, 0.05) is 27.1 Å². The van der Waals surface area contributed by atoms with Gasteiger partial charge in [0.25, 0.3) is 0 Å². The fourth-order valence-electron chi connectivity index (χ4n) is 2.91. The number of carbonyl (C=O) groups excluding carboxylic acids is 1. The summed E-state index contributed by atoms with van der Waals surface area (Å²) in [5.74, 6) is -0.745. The van der Waals surface area contributed by atoms with E-state index in [0.29, 0.717) is 11.3 Å². The monoisotopic (exact) mass is 475 g/mol. The third-order valence-electron chi connectivity index (χ3n) is 4.06. The van der Waals surface area contributed by atoms with Crippen molar-refractivity contribution >= 4 is 38.9 Å². The Hall–Kier alpha value is -2.47. The topological polar surface area (TPSA) is 116 Å². The first-order valence-electron chi connectivity index (χ1n) is 8.14. The van der Waals surface area contributed by atoms with E-state index in [4.69, 9.17) is 22.5 Å². The highest BCUT2D eigenvalue weighted by Gasteiger charge is 2.35. The highest BCUT2D eigenvalue weighted by molar-refractivity contribution is 7.89. The predicted molar refractivity (Wildman–Crippen MR) is 107 cm³/mol. The Morgan fingerprint density at radius 2 is 1.80 bits per heavy atom. The number of amides is 1. The summed E-state index contributed by atoms with van der Waals surface area (Å²) in [5, 5.41) is 6.17. The summed E-state index contributed by atoms with van der Waals surface area (Å²) in [6, 6.07) is 8.83. The Bertz CT molecular complexity index is 1240. The molecule has 0 saturated heterocycles. The summed E-state index contributed by atoms with van der Waals surface area (Å²) in [6.07, 6.45) is -5.04. The average molecular weight is 476 g/mol. The molecule has 0 unspecified atom stereocenters. The fraction of sp³-hybridized carbons (Fsp3) is 0.111. The summed E-state index contributed by atoms with van der Waals surface area (Å²) in [5.41, 5.74) is 4.40. The van der Waals surface area contributed by atoms with Crippen LogP contribution < -0.4 is 10.9 Å². The van der Waals surface area contributed by atoms with Crippen molar-refractivity contribution in [3.05, 3.63) is 58.1 Å². The molecule has 3 aromatic rings.